The molecule has 18 heavy (non-hydrogen) atoms. The van der Waals surface area contributed by atoms with E-state index in [-0.39, 0.29) is 0 Å². The summed E-state index contributed by atoms with van der Waals surface area (Å²) in [6.07, 6.45) is 13.3. The maximum Gasteiger partial charge on any atom is 0.000767 e. The van der Waals surface area contributed by atoms with Gasteiger partial charge in [-0.05, 0) is 55.9 Å². The number of rotatable bonds is 8. The molecule has 0 spiro atoms. The molecule has 0 aromatic rings. The summed E-state index contributed by atoms with van der Waals surface area (Å²) >= 11 is 0. The Kier molecular flexibility index (Phi) is 5.12. The van der Waals surface area contributed by atoms with Crippen LogP contribution in [0.3, 0.4) is 0 Å². The van der Waals surface area contributed by atoms with E-state index in [1.54, 1.807) is 6.42 Å². The molecule has 0 aliphatic heterocycles. The minimum atomic E-state index is 0.673. The van der Waals surface area contributed by atoms with E-state index in [1.165, 1.54) is 57.9 Å². The Morgan fingerprint density at radius 2 is 2.11 bits per heavy atom. The van der Waals surface area contributed by atoms with Crippen LogP contribution in [0.2, 0.25) is 0 Å². The number of nitrogens with one attached hydrogen (secondary N) is 1. The minimum absolute atomic E-state index is 0.673. The number of hydrogen-bond acceptors (Lipinski definition) is 1. The summed E-state index contributed by atoms with van der Waals surface area (Å²) < 4.78 is 0. The third-order valence-corrected chi connectivity index (χ3v) is 5.87. The first-order valence-corrected chi connectivity index (χ1v) is 8.38. The van der Waals surface area contributed by atoms with E-state index in [1.807, 2.05) is 0 Å². The Hall–Kier alpha value is -0.0400. The molecule has 0 aromatic carbocycles. The number of hydrogen-bond donors (Lipinski definition) is 1. The first-order valence-electron chi connectivity index (χ1n) is 8.38. The Labute approximate surface area is 114 Å². The van der Waals surface area contributed by atoms with Crippen LogP contribution in [0.5, 0.6) is 0 Å². The van der Waals surface area contributed by atoms with Gasteiger partial charge in [0, 0.05) is 6.54 Å². The third kappa shape index (κ3) is 2.92. The van der Waals surface area contributed by atoms with Crippen LogP contribution < -0.4 is 5.32 Å². The van der Waals surface area contributed by atoms with Crippen LogP contribution >= 0.6 is 0 Å². The summed E-state index contributed by atoms with van der Waals surface area (Å²) in [5, 5.41) is 3.52. The van der Waals surface area contributed by atoms with Crippen molar-refractivity contribution in [3.05, 3.63) is 0 Å². The highest BCUT2D eigenvalue weighted by Crippen LogP contribution is 2.58. The highest BCUT2D eigenvalue weighted by molar-refractivity contribution is 5.01. The molecule has 0 amide bonds. The smallest absolute Gasteiger partial charge is 0.000767 e. The predicted octanol–water partition coefficient (Wildman–Crippen LogP) is 4.62. The number of unbranched alkanes of at least 4 members (excludes halogenated alkanes) is 1. The zero-order valence-electron chi connectivity index (χ0n) is 12.8. The zero-order valence-corrected chi connectivity index (χ0v) is 12.8. The highest BCUT2D eigenvalue weighted by atomic mass is 14.8. The van der Waals surface area contributed by atoms with Crippen LogP contribution in [-0.4, -0.2) is 13.6 Å². The van der Waals surface area contributed by atoms with Gasteiger partial charge in [0.25, 0.3) is 0 Å². The van der Waals surface area contributed by atoms with Crippen molar-refractivity contribution in [1.82, 2.24) is 5.32 Å². The molecule has 2 saturated carbocycles. The molecule has 2 fully saturated rings. The van der Waals surface area contributed by atoms with Crippen molar-refractivity contribution in [3.8, 4) is 0 Å². The summed E-state index contributed by atoms with van der Waals surface area (Å²) in [6.45, 7) is 6.00. The fourth-order valence-corrected chi connectivity index (χ4v) is 4.97. The van der Waals surface area contributed by atoms with E-state index in [0.29, 0.717) is 5.41 Å². The van der Waals surface area contributed by atoms with Gasteiger partial charge in [0.1, 0.15) is 0 Å². The normalized spacial score (nSPS) is 36.2. The van der Waals surface area contributed by atoms with Gasteiger partial charge >= 0.3 is 0 Å². The Morgan fingerprint density at radius 3 is 2.61 bits per heavy atom. The topological polar surface area (TPSA) is 12.0 Å². The van der Waals surface area contributed by atoms with Gasteiger partial charge in [0.2, 0.25) is 0 Å². The predicted molar refractivity (Wildman–Crippen MR) is 79.7 cm³/mol. The molecular formula is C17H33N. The monoisotopic (exact) mass is 251 g/mol. The second-order valence-corrected chi connectivity index (χ2v) is 7.09. The van der Waals surface area contributed by atoms with Crippen molar-refractivity contribution in [2.24, 2.45) is 23.2 Å². The molecule has 0 aromatic heterocycles. The van der Waals surface area contributed by atoms with E-state index in [9.17, 15) is 0 Å². The average Bonchev–Trinajstić information content (AvgIpc) is 2.95. The van der Waals surface area contributed by atoms with Crippen LogP contribution in [0, 0.1) is 23.2 Å². The maximum absolute atomic E-state index is 3.52. The molecule has 106 valence electrons. The quantitative estimate of drug-likeness (QED) is 0.664. The number of fused-ring (bicyclic) bond motifs is 2. The van der Waals surface area contributed by atoms with E-state index in [0.717, 1.165) is 17.8 Å². The van der Waals surface area contributed by atoms with Crippen LogP contribution in [0.25, 0.3) is 0 Å². The molecule has 2 aliphatic carbocycles. The molecule has 2 rings (SSSR count). The lowest BCUT2D eigenvalue weighted by Crippen LogP contribution is -2.39. The molecule has 0 saturated heterocycles. The Morgan fingerprint density at radius 1 is 1.28 bits per heavy atom. The van der Waals surface area contributed by atoms with Crippen molar-refractivity contribution >= 4 is 0 Å². The molecular weight excluding hydrogens is 218 g/mol. The van der Waals surface area contributed by atoms with Crippen molar-refractivity contribution in [2.45, 2.75) is 71.6 Å². The van der Waals surface area contributed by atoms with Crippen molar-refractivity contribution < 1.29 is 0 Å². The van der Waals surface area contributed by atoms with Crippen molar-refractivity contribution in [1.29, 1.82) is 0 Å². The van der Waals surface area contributed by atoms with Gasteiger partial charge in [-0.25, -0.2) is 0 Å². The SMILES string of the molecule is CCCCC(CC)CC1(CNC)CC2CCC1C2. The standard InChI is InChI=1S/C17H33N/c1-4-6-7-14(5-2)11-17(13-18-3)12-15-8-9-16(17)10-15/h14-16,18H,4-13H2,1-3H3. The molecule has 1 nitrogen and oxygen atoms in total. The van der Waals surface area contributed by atoms with Crippen LogP contribution in [0.4, 0.5) is 0 Å². The average molecular weight is 251 g/mol. The highest BCUT2D eigenvalue weighted by Gasteiger charge is 2.50. The van der Waals surface area contributed by atoms with E-state index >= 15 is 0 Å². The molecule has 0 heterocycles. The van der Waals surface area contributed by atoms with Gasteiger partial charge in [-0.15, -0.1) is 0 Å². The van der Waals surface area contributed by atoms with E-state index in [4.69, 9.17) is 0 Å². The molecule has 1 N–H and O–H groups in total. The fraction of sp³-hybridized carbons (Fsp3) is 1.00. The van der Waals surface area contributed by atoms with E-state index in [2.05, 4.69) is 26.2 Å². The van der Waals surface area contributed by atoms with Crippen LogP contribution in [0.1, 0.15) is 71.6 Å². The molecule has 2 aliphatic rings. The molecule has 4 atom stereocenters. The third-order valence-electron chi connectivity index (χ3n) is 5.87. The second-order valence-electron chi connectivity index (χ2n) is 7.09. The largest absolute Gasteiger partial charge is 0.319 e. The van der Waals surface area contributed by atoms with Gasteiger partial charge in [-0.3, -0.25) is 0 Å². The first kappa shape index (κ1) is 14.4. The summed E-state index contributed by atoms with van der Waals surface area (Å²) in [7, 11) is 2.15. The zero-order chi connectivity index (χ0) is 13.0. The summed E-state index contributed by atoms with van der Waals surface area (Å²) in [6, 6.07) is 0. The van der Waals surface area contributed by atoms with Crippen LogP contribution in [-0.2, 0) is 0 Å². The lowest BCUT2D eigenvalue weighted by Gasteiger charge is -2.40. The van der Waals surface area contributed by atoms with Gasteiger partial charge in [-0.1, -0.05) is 46.0 Å². The summed E-state index contributed by atoms with van der Waals surface area (Å²) in [5.74, 6) is 3.11. The Balaban J connectivity index is 1.97. The van der Waals surface area contributed by atoms with E-state index < -0.39 is 0 Å². The van der Waals surface area contributed by atoms with Crippen LogP contribution in [0.15, 0.2) is 0 Å². The lowest BCUT2D eigenvalue weighted by molar-refractivity contribution is 0.113. The van der Waals surface area contributed by atoms with Crippen molar-refractivity contribution in [3.63, 3.8) is 0 Å². The summed E-state index contributed by atoms with van der Waals surface area (Å²) in [5.41, 5.74) is 0.673. The molecule has 2 bridgehead atoms. The fourth-order valence-electron chi connectivity index (χ4n) is 4.97. The van der Waals surface area contributed by atoms with Gasteiger partial charge in [-0.2, -0.15) is 0 Å². The molecule has 1 heteroatoms. The minimum Gasteiger partial charge on any atom is -0.319 e. The van der Waals surface area contributed by atoms with Gasteiger partial charge < -0.3 is 5.32 Å². The van der Waals surface area contributed by atoms with Gasteiger partial charge in [0.15, 0.2) is 0 Å². The molecule has 4 unspecified atom stereocenters. The Bertz CT molecular complexity index is 250. The molecule has 0 radical (unpaired) electrons. The van der Waals surface area contributed by atoms with Crippen molar-refractivity contribution in [2.75, 3.05) is 13.6 Å². The first-order chi connectivity index (χ1) is 8.74. The van der Waals surface area contributed by atoms with Gasteiger partial charge in [0.05, 0.1) is 0 Å². The second kappa shape index (κ2) is 6.41. The lowest BCUT2D eigenvalue weighted by atomic mass is 9.67. The summed E-state index contributed by atoms with van der Waals surface area (Å²) in [4.78, 5) is 0. The maximum atomic E-state index is 3.52.